The minimum Gasteiger partial charge on any atom is -0.367 e. The SMILES string of the molecule is CC(=O)C(O)Nc1cc(-c2ccccc2C)c(N(C)C(=O)C(C)(C)c2cc(C(F)(F)F)cc(C(F)(F)F)c2)cn1. The average Bonchev–Trinajstić information content (AvgIpc) is 2.86. The monoisotopic (exact) mass is 567 g/mol. The second-order valence-corrected chi connectivity index (χ2v) is 9.84. The maximum Gasteiger partial charge on any atom is 0.416 e. The van der Waals surface area contributed by atoms with Crippen LogP contribution in [0.15, 0.2) is 54.7 Å². The molecular formula is C28H27F6N3O3. The van der Waals surface area contributed by atoms with Gasteiger partial charge in [-0.05, 0) is 68.7 Å². The van der Waals surface area contributed by atoms with Gasteiger partial charge in [-0.2, -0.15) is 26.3 Å². The first-order valence-corrected chi connectivity index (χ1v) is 11.9. The number of nitrogens with zero attached hydrogens (tertiary/aromatic N) is 2. The van der Waals surface area contributed by atoms with Gasteiger partial charge < -0.3 is 15.3 Å². The molecule has 3 rings (SSSR count). The number of carbonyl (C=O) groups is 2. The van der Waals surface area contributed by atoms with Crippen LogP contribution in [0, 0.1) is 6.92 Å². The number of aromatic nitrogens is 1. The van der Waals surface area contributed by atoms with Gasteiger partial charge >= 0.3 is 12.4 Å². The van der Waals surface area contributed by atoms with E-state index in [4.69, 9.17) is 0 Å². The third kappa shape index (κ3) is 6.44. The molecule has 12 heteroatoms. The van der Waals surface area contributed by atoms with Crippen molar-refractivity contribution in [2.24, 2.45) is 0 Å². The van der Waals surface area contributed by atoms with Crippen LogP contribution in [-0.2, 0) is 27.4 Å². The van der Waals surface area contributed by atoms with Crippen LogP contribution in [0.2, 0.25) is 0 Å². The van der Waals surface area contributed by atoms with E-state index in [2.05, 4.69) is 10.3 Å². The number of rotatable bonds is 7. The van der Waals surface area contributed by atoms with Gasteiger partial charge in [0.15, 0.2) is 12.0 Å². The van der Waals surface area contributed by atoms with Crippen LogP contribution in [0.1, 0.15) is 43.0 Å². The van der Waals surface area contributed by atoms with E-state index in [-0.39, 0.29) is 17.6 Å². The lowest BCUT2D eigenvalue weighted by atomic mass is 9.81. The van der Waals surface area contributed by atoms with E-state index in [1.807, 2.05) is 0 Å². The maximum atomic E-state index is 13.7. The maximum absolute atomic E-state index is 13.7. The number of benzene rings is 2. The number of aliphatic hydroxyl groups is 1. The number of Topliss-reactive ketones (excluding diaryl/α,β-unsaturated/α-hetero) is 1. The lowest BCUT2D eigenvalue weighted by Gasteiger charge is -2.32. The molecule has 0 saturated heterocycles. The van der Waals surface area contributed by atoms with Crippen molar-refractivity contribution in [3.63, 3.8) is 0 Å². The Morgan fingerprint density at radius 1 is 0.900 bits per heavy atom. The Bertz CT molecular complexity index is 1400. The number of aliphatic hydroxyl groups excluding tert-OH is 1. The van der Waals surface area contributed by atoms with Crippen molar-refractivity contribution in [3.05, 3.63) is 77.0 Å². The number of amides is 1. The number of likely N-dealkylation sites (N-methyl/N-ethyl adjacent to an activating group) is 1. The van der Waals surface area contributed by atoms with Crippen molar-refractivity contribution < 1.29 is 41.0 Å². The summed E-state index contributed by atoms with van der Waals surface area (Å²) < 4.78 is 80.9. The molecule has 40 heavy (non-hydrogen) atoms. The van der Waals surface area contributed by atoms with E-state index in [1.54, 1.807) is 31.2 Å². The van der Waals surface area contributed by atoms with Gasteiger partial charge in [-0.15, -0.1) is 0 Å². The lowest BCUT2D eigenvalue weighted by molar-refractivity contribution is -0.143. The molecule has 0 spiro atoms. The smallest absolute Gasteiger partial charge is 0.367 e. The summed E-state index contributed by atoms with van der Waals surface area (Å²) in [6.45, 7) is 5.44. The first-order valence-electron chi connectivity index (χ1n) is 11.9. The number of nitrogens with one attached hydrogen (secondary N) is 1. The minimum absolute atomic E-state index is 0.00909. The van der Waals surface area contributed by atoms with Crippen molar-refractivity contribution in [1.82, 2.24) is 4.98 Å². The molecule has 2 N–H and O–H groups in total. The van der Waals surface area contributed by atoms with Gasteiger partial charge in [0, 0.05) is 12.6 Å². The van der Waals surface area contributed by atoms with Gasteiger partial charge in [-0.3, -0.25) is 9.59 Å². The Balaban J connectivity index is 2.14. The molecule has 0 aliphatic rings. The summed E-state index contributed by atoms with van der Waals surface area (Å²) in [5.74, 6) is -1.28. The minimum atomic E-state index is -5.07. The quantitative estimate of drug-likeness (QED) is 0.257. The van der Waals surface area contributed by atoms with E-state index < -0.39 is 52.4 Å². The van der Waals surface area contributed by atoms with Crippen molar-refractivity contribution in [2.45, 2.75) is 51.7 Å². The van der Waals surface area contributed by atoms with Gasteiger partial charge in [-0.1, -0.05) is 24.3 Å². The van der Waals surface area contributed by atoms with Crippen LogP contribution in [0.5, 0.6) is 0 Å². The summed E-state index contributed by atoms with van der Waals surface area (Å²) in [5.41, 5.74) is -3.33. The Hall–Kier alpha value is -3.93. The van der Waals surface area contributed by atoms with Gasteiger partial charge in [0.25, 0.3) is 0 Å². The average molecular weight is 568 g/mol. The van der Waals surface area contributed by atoms with Crippen molar-refractivity contribution in [2.75, 3.05) is 17.3 Å². The summed E-state index contributed by atoms with van der Waals surface area (Å²) in [6, 6.07) is 9.62. The van der Waals surface area contributed by atoms with Crippen molar-refractivity contribution in [3.8, 4) is 11.1 Å². The summed E-state index contributed by atoms with van der Waals surface area (Å²) in [4.78, 5) is 30.5. The third-order valence-electron chi connectivity index (χ3n) is 6.50. The zero-order valence-electron chi connectivity index (χ0n) is 22.2. The van der Waals surface area contributed by atoms with Crippen LogP contribution in [0.4, 0.5) is 37.8 Å². The zero-order chi connectivity index (χ0) is 30.2. The molecule has 3 aromatic rings. The van der Waals surface area contributed by atoms with Gasteiger partial charge in [0.1, 0.15) is 5.82 Å². The van der Waals surface area contributed by atoms with Crippen molar-refractivity contribution >= 4 is 23.2 Å². The number of hydrogen-bond acceptors (Lipinski definition) is 5. The van der Waals surface area contributed by atoms with Crippen LogP contribution in [-0.4, -0.2) is 35.1 Å². The normalized spacial score (nSPS) is 13.1. The molecule has 0 fully saturated rings. The number of carbonyl (C=O) groups excluding carboxylic acids is 2. The molecule has 0 aliphatic heterocycles. The molecule has 0 aliphatic carbocycles. The largest absolute Gasteiger partial charge is 0.416 e. The molecule has 0 saturated carbocycles. The van der Waals surface area contributed by atoms with E-state index >= 15 is 0 Å². The van der Waals surface area contributed by atoms with E-state index in [9.17, 15) is 41.0 Å². The second-order valence-electron chi connectivity index (χ2n) is 9.84. The Morgan fingerprint density at radius 2 is 1.43 bits per heavy atom. The topological polar surface area (TPSA) is 82.5 Å². The van der Waals surface area contributed by atoms with Crippen LogP contribution in [0.25, 0.3) is 11.1 Å². The number of anilines is 2. The first kappa shape index (κ1) is 30.6. The molecule has 2 aromatic carbocycles. The fourth-order valence-electron chi connectivity index (χ4n) is 4.09. The molecule has 0 bridgehead atoms. The lowest BCUT2D eigenvalue weighted by Crippen LogP contribution is -2.42. The number of ketones is 1. The molecule has 1 unspecified atom stereocenters. The zero-order valence-corrected chi connectivity index (χ0v) is 22.2. The number of alkyl halides is 6. The van der Waals surface area contributed by atoms with Crippen molar-refractivity contribution in [1.29, 1.82) is 0 Å². The van der Waals surface area contributed by atoms with Gasteiger partial charge in [0.2, 0.25) is 5.91 Å². The molecule has 6 nitrogen and oxygen atoms in total. The Labute approximate surface area is 226 Å². The highest BCUT2D eigenvalue weighted by Crippen LogP contribution is 2.41. The van der Waals surface area contributed by atoms with Gasteiger partial charge in [0.05, 0.1) is 28.4 Å². The van der Waals surface area contributed by atoms with Gasteiger partial charge in [-0.25, -0.2) is 4.98 Å². The number of pyridine rings is 1. The predicted molar refractivity (Wildman–Crippen MR) is 138 cm³/mol. The van der Waals surface area contributed by atoms with Crippen LogP contribution in [0.3, 0.4) is 0 Å². The summed E-state index contributed by atoms with van der Waals surface area (Å²) >= 11 is 0. The molecule has 214 valence electrons. The summed E-state index contributed by atoms with van der Waals surface area (Å²) in [7, 11) is 1.33. The number of aryl methyl sites for hydroxylation is 1. The second kappa shape index (κ2) is 10.9. The molecule has 1 aromatic heterocycles. The summed E-state index contributed by atoms with van der Waals surface area (Å²) in [6.07, 6.45) is -10.4. The van der Waals surface area contributed by atoms with Crippen LogP contribution >= 0.6 is 0 Å². The number of hydrogen-bond donors (Lipinski definition) is 2. The third-order valence-corrected chi connectivity index (χ3v) is 6.50. The van der Waals surface area contributed by atoms with E-state index in [0.717, 1.165) is 10.5 Å². The molecule has 1 amide bonds. The fourth-order valence-corrected chi connectivity index (χ4v) is 4.09. The molecule has 1 heterocycles. The standard InChI is InChI=1S/C28H27F6N3O3/c1-15-8-6-7-9-20(15)21-13-23(36-24(39)16(2)38)35-14-22(21)37(5)25(40)26(3,4)17-10-18(27(29,30)31)12-19(11-17)28(32,33)34/h6-14,24,39H,1-5H3,(H,35,36). The molecular weight excluding hydrogens is 540 g/mol. The Morgan fingerprint density at radius 3 is 1.93 bits per heavy atom. The predicted octanol–water partition coefficient (Wildman–Crippen LogP) is 6.35. The highest BCUT2D eigenvalue weighted by molar-refractivity contribution is 6.03. The van der Waals surface area contributed by atoms with E-state index in [1.165, 1.54) is 40.1 Å². The van der Waals surface area contributed by atoms with Crippen LogP contribution < -0.4 is 10.2 Å². The highest BCUT2D eigenvalue weighted by Gasteiger charge is 2.41. The highest BCUT2D eigenvalue weighted by atomic mass is 19.4. The summed E-state index contributed by atoms with van der Waals surface area (Å²) in [5, 5.41) is 12.5. The Kier molecular flexibility index (Phi) is 8.35. The first-order chi connectivity index (χ1) is 18.3. The fraction of sp³-hybridized carbons (Fsp3) is 0.321. The molecule has 0 radical (unpaired) electrons. The molecule has 1 atom stereocenters. The number of halogens is 6. The van der Waals surface area contributed by atoms with E-state index in [0.29, 0.717) is 23.3 Å².